The van der Waals surface area contributed by atoms with Crippen LogP contribution < -0.4 is 10.2 Å². The molecule has 0 unspecified atom stereocenters. The van der Waals surface area contributed by atoms with Crippen LogP contribution in [0.2, 0.25) is 0 Å². The van der Waals surface area contributed by atoms with Crippen molar-refractivity contribution >= 4 is 11.4 Å². The van der Waals surface area contributed by atoms with Crippen molar-refractivity contribution in [2.45, 2.75) is 13.0 Å². The van der Waals surface area contributed by atoms with Crippen LogP contribution in [0.25, 0.3) is 0 Å². The highest BCUT2D eigenvalue weighted by atomic mass is 16.6. The van der Waals surface area contributed by atoms with Crippen LogP contribution in [0.15, 0.2) is 24.3 Å². The Kier molecular flexibility index (Phi) is 3.05. The SMILES string of the molecule is C[C@H]1CN(c2ccc([N+](=O)O)cc2)CCN1. The van der Waals surface area contributed by atoms with E-state index in [1.54, 1.807) is 12.1 Å². The van der Waals surface area contributed by atoms with E-state index in [4.69, 9.17) is 5.21 Å². The fourth-order valence-corrected chi connectivity index (χ4v) is 1.96. The number of anilines is 1. The molecule has 1 aromatic carbocycles. The standard InChI is InChI=1S/C11H16N3O2/c1-9-8-13(7-6-12-9)10-2-4-11(5-3-10)14(15)16/h2-5,9,12H,6-8H2,1H3,(H,15,16)/q+1/t9-/m0/s1. The van der Waals surface area contributed by atoms with Gasteiger partial charge in [-0.15, -0.1) is 0 Å². The van der Waals surface area contributed by atoms with E-state index in [0.29, 0.717) is 6.04 Å². The highest BCUT2D eigenvalue weighted by Crippen LogP contribution is 2.19. The quantitative estimate of drug-likeness (QED) is 0.740. The smallest absolute Gasteiger partial charge is 0.316 e. The molecule has 0 aliphatic carbocycles. The number of benzene rings is 1. The van der Waals surface area contributed by atoms with Crippen molar-refractivity contribution in [1.29, 1.82) is 0 Å². The predicted molar refractivity (Wildman–Crippen MR) is 61.2 cm³/mol. The van der Waals surface area contributed by atoms with Gasteiger partial charge in [0.05, 0.1) is 4.91 Å². The van der Waals surface area contributed by atoms with Crippen LogP contribution in [0.5, 0.6) is 0 Å². The third kappa shape index (κ3) is 2.30. The number of nitrogens with zero attached hydrogens (tertiary/aromatic N) is 2. The number of hydrogen-bond acceptors (Lipinski definition) is 3. The van der Waals surface area contributed by atoms with Crippen molar-refractivity contribution in [2.24, 2.45) is 0 Å². The molecule has 0 bridgehead atoms. The van der Waals surface area contributed by atoms with Gasteiger partial charge in [-0.25, -0.2) is 5.21 Å². The predicted octanol–water partition coefficient (Wildman–Crippen LogP) is 1.28. The molecule has 2 N–H and O–H groups in total. The molecule has 1 heterocycles. The zero-order valence-electron chi connectivity index (χ0n) is 9.26. The fraction of sp³-hybridized carbons (Fsp3) is 0.455. The van der Waals surface area contributed by atoms with E-state index in [1.165, 1.54) is 0 Å². The fourth-order valence-electron chi connectivity index (χ4n) is 1.96. The van der Waals surface area contributed by atoms with E-state index in [9.17, 15) is 4.91 Å². The zero-order valence-corrected chi connectivity index (χ0v) is 9.26. The Balaban J connectivity index is 2.11. The molecule has 86 valence electrons. The average Bonchev–Trinajstić information content (AvgIpc) is 2.29. The van der Waals surface area contributed by atoms with Crippen LogP contribution in [-0.4, -0.2) is 35.8 Å². The molecule has 2 rings (SSSR count). The summed E-state index contributed by atoms with van der Waals surface area (Å²) in [6.45, 7) is 5.04. The van der Waals surface area contributed by atoms with E-state index in [0.717, 1.165) is 25.3 Å². The van der Waals surface area contributed by atoms with Gasteiger partial charge in [0, 0.05) is 43.5 Å². The van der Waals surface area contributed by atoms with E-state index >= 15 is 0 Å². The number of piperazine rings is 1. The number of hydrogen-bond donors (Lipinski definition) is 2. The molecule has 0 amide bonds. The molecule has 16 heavy (non-hydrogen) atoms. The normalized spacial score (nSPS) is 20.8. The van der Waals surface area contributed by atoms with Crippen LogP contribution in [0.3, 0.4) is 0 Å². The second kappa shape index (κ2) is 4.49. The molecule has 5 heteroatoms. The lowest BCUT2D eigenvalue weighted by Gasteiger charge is -2.33. The van der Waals surface area contributed by atoms with Crippen molar-refractivity contribution in [3.05, 3.63) is 29.2 Å². The Morgan fingerprint density at radius 2 is 2.12 bits per heavy atom. The van der Waals surface area contributed by atoms with Gasteiger partial charge in [0.1, 0.15) is 0 Å². The first-order valence-electron chi connectivity index (χ1n) is 5.41. The lowest BCUT2D eigenvalue weighted by atomic mass is 10.2. The minimum absolute atomic E-state index is 0.121. The topological polar surface area (TPSA) is 55.6 Å². The van der Waals surface area contributed by atoms with Crippen molar-refractivity contribution in [1.82, 2.24) is 5.32 Å². The van der Waals surface area contributed by atoms with Gasteiger partial charge in [-0.05, 0) is 19.1 Å². The van der Waals surface area contributed by atoms with Gasteiger partial charge in [-0.1, -0.05) is 0 Å². The third-order valence-corrected chi connectivity index (χ3v) is 2.80. The summed E-state index contributed by atoms with van der Waals surface area (Å²) >= 11 is 0. The summed E-state index contributed by atoms with van der Waals surface area (Å²) in [5.41, 5.74) is 1.34. The van der Waals surface area contributed by atoms with Crippen molar-refractivity contribution in [3.63, 3.8) is 0 Å². The first kappa shape index (κ1) is 10.9. The van der Waals surface area contributed by atoms with Gasteiger partial charge in [0.2, 0.25) is 0 Å². The van der Waals surface area contributed by atoms with E-state index in [2.05, 4.69) is 17.1 Å². The molecule has 1 aromatic rings. The second-order valence-corrected chi connectivity index (χ2v) is 4.09. The Bertz CT molecular complexity index is 377. The Labute approximate surface area is 94.2 Å². The molecule has 1 saturated heterocycles. The molecule has 5 nitrogen and oxygen atoms in total. The maximum Gasteiger partial charge on any atom is 0.316 e. The maximum absolute atomic E-state index is 10.6. The van der Waals surface area contributed by atoms with Crippen molar-refractivity contribution in [3.8, 4) is 0 Å². The van der Waals surface area contributed by atoms with Gasteiger partial charge < -0.3 is 10.2 Å². The molecular weight excluding hydrogens is 206 g/mol. The monoisotopic (exact) mass is 222 g/mol. The highest BCUT2D eigenvalue weighted by Gasteiger charge is 2.17. The molecule has 1 atom stereocenters. The lowest BCUT2D eigenvalue weighted by Crippen LogP contribution is -2.49. The zero-order chi connectivity index (χ0) is 11.5. The molecular formula is C11H16N3O2+. The average molecular weight is 222 g/mol. The molecule has 0 aromatic heterocycles. The molecule has 0 spiro atoms. The second-order valence-electron chi connectivity index (χ2n) is 4.09. The first-order chi connectivity index (χ1) is 7.66. The van der Waals surface area contributed by atoms with Crippen molar-refractivity contribution in [2.75, 3.05) is 24.5 Å². The van der Waals surface area contributed by atoms with Crippen LogP contribution in [0.1, 0.15) is 6.92 Å². The van der Waals surface area contributed by atoms with E-state index in [-0.39, 0.29) is 10.6 Å². The maximum atomic E-state index is 10.6. The molecule has 0 radical (unpaired) electrons. The van der Waals surface area contributed by atoms with Gasteiger partial charge in [-0.3, -0.25) is 0 Å². The Hall–Kier alpha value is -1.62. The van der Waals surface area contributed by atoms with Crippen LogP contribution in [-0.2, 0) is 0 Å². The Morgan fingerprint density at radius 3 is 2.69 bits per heavy atom. The van der Waals surface area contributed by atoms with Crippen LogP contribution in [0.4, 0.5) is 11.4 Å². The molecule has 1 aliphatic heterocycles. The summed E-state index contributed by atoms with van der Waals surface area (Å²) in [6.07, 6.45) is 0. The number of rotatable bonds is 2. The summed E-state index contributed by atoms with van der Waals surface area (Å²) < 4.78 is 0. The minimum atomic E-state index is -0.121. The first-order valence-corrected chi connectivity index (χ1v) is 5.41. The summed E-state index contributed by atoms with van der Waals surface area (Å²) in [7, 11) is 0. The molecule has 1 fully saturated rings. The van der Waals surface area contributed by atoms with Crippen LogP contribution >= 0.6 is 0 Å². The van der Waals surface area contributed by atoms with Gasteiger partial charge >= 0.3 is 5.69 Å². The van der Waals surface area contributed by atoms with Crippen molar-refractivity contribution < 1.29 is 10.1 Å². The number of nitrogens with one attached hydrogen (secondary N) is 1. The van der Waals surface area contributed by atoms with Gasteiger partial charge in [0.25, 0.3) is 4.92 Å². The molecule has 0 saturated carbocycles. The van der Waals surface area contributed by atoms with Crippen LogP contribution in [0, 0.1) is 4.91 Å². The summed E-state index contributed by atoms with van der Waals surface area (Å²) in [6, 6.07) is 7.43. The van der Waals surface area contributed by atoms with Gasteiger partial charge in [0.15, 0.2) is 0 Å². The third-order valence-electron chi connectivity index (χ3n) is 2.80. The largest absolute Gasteiger partial charge is 0.369 e. The minimum Gasteiger partial charge on any atom is -0.369 e. The Morgan fingerprint density at radius 1 is 1.44 bits per heavy atom. The van der Waals surface area contributed by atoms with Gasteiger partial charge in [-0.2, -0.15) is 0 Å². The van der Waals surface area contributed by atoms with E-state index < -0.39 is 0 Å². The summed E-state index contributed by atoms with van der Waals surface area (Å²) in [5.74, 6) is 0. The summed E-state index contributed by atoms with van der Waals surface area (Å²) in [4.78, 5) is 12.8. The summed E-state index contributed by atoms with van der Waals surface area (Å²) in [5, 5.41) is 12.1. The van der Waals surface area contributed by atoms with E-state index in [1.807, 2.05) is 12.1 Å². The molecule has 1 aliphatic rings. The highest BCUT2D eigenvalue weighted by molar-refractivity contribution is 5.51. The lowest BCUT2D eigenvalue weighted by molar-refractivity contribution is -0.729.